The molecule has 0 bridgehead atoms. The van der Waals surface area contributed by atoms with E-state index in [1.165, 1.54) is 4.68 Å². The van der Waals surface area contributed by atoms with Crippen LogP contribution in [0.2, 0.25) is 0 Å². The number of aryl methyl sites for hydroxylation is 1. The Morgan fingerprint density at radius 1 is 1.30 bits per heavy atom. The van der Waals surface area contributed by atoms with Crippen LogP contribution in [0.4, 0.5) is 0 Å². The third kappa shape index (κ3) is 2.74. The molecule has 3 rings (SSSR count). The lowest BCUT2D eigenvalue weighted by atomic mass is 10.5. The number of nitrogens with zero attached hydrogens (tertiary/aromatic N) is 5. The van der Waals surface area contributed by atoms with Crippen LogP contribution in [0.3, 0.4) is 0 Å². The van der Waals surface area contributed by atoms with Crippen molar-refractivity contribution in [2.75, 3.05) is 12.0 Å². The fourth-order valence-electron chi connectivity index (χ4n) is 1.67. The highest BCUT2D eigenvalue weighted by Crippen LogP contribution is 2.27. The first kappa shape index (κ1) is 13.7. The van der Waals surface area contributed by atoms with Crippen LogP contribution in [0.5, 0.6) is 0 Å². The summed E-state index contributed by atoms with van der Waals surface area (Å²) in [5.41, 5.74) is 0.561. The van der Waals surface area contributed by atoms with Crippen LogP contribution >= 0.6 is 34.9 Å². The molecule has 0 radical (unpaired) electrons. The van der Waals surface area contributed by atoms with Crippen LogP contribution in [0, 0.1) is 0 Å². The van der Waals surface area contributed by atoms with E-state index in [1.54, 1.807) is 45.5 Å². The van der Waals surface area contributed by atoms with Crippen molar-refractivity contribution in [1.82, 2.24) is 24.4 Å². The fraction of sp³-hybridized carbons (Fsp3) is 0.273. The average Bonchev–Trinajstić information content (AvgIpc) is 3.05. The summed E-state index contributed by atoms with van der Waals surface area (Å²) in [6, 6.07) is 5.51. The summed E-state index contributed by atoms with van der Waals surface area (Å²) >= 11 is 4.75. The SMILES string of the molecule is CSc1nnc(SCCn2nc3ccccn3c2=O)s1. The first-order valence-electron chi connectivity index (χ1n) is 5.82. The van der Waals surface area contributed by atoms with Crippen LogP contribution in [0.15, 0.2) is 37.9 Å². The first-order valence-corrected chi connectivity index (χ1v) is 8.85. The molecule has 104 valence electrons. The normalized spacial score (nSPS) is 11.2. The second-order valence-corrected chi connectivity index (χ2v) is 7.19. The standard InChI is InChI=1S/C11H11N5OS3/c1-18-9-12-13-10(20-9)19-7-6-16-11(17)15-5-3-2-4-8(15)14-16/h2-5H,6-7H2,1H3. The number of fused-ring (bicyclic) bond motifs is 1. The third-order valence-electron chi connectivity index (χ3n) is 2.58. The van der Waals surface area contributed by atoms with Gasteiger partial charge in [0.05, 0.1) is 6.54 Å². The maximum Gasteiger partial charge on any atom is 0.350 e. The van der Waals surface area contributed by atoms with Gasteiger partial charge in [0.15, 0.2) is 14.3 Å². The zero-order valence-corrected chi connectivity index (χ0v) is 13.0. The van der Waals surface area contributed by atoms with Gasteiger partial charge in [0.1, 0.15) is 0 Å². The Kier molecular flexibility index (Phi) is 4.08. The van der Waals surface area contributed by atoms with Crippen molar-refractivity contribution in [3.63, 3.8) is 0 Å². The molecule has 0 saturated heterocycles. The minimum atomic E-state index is -0.108. The van der Waals surface area contributed by atoms with Gasteiger partial charge in [-0.05, 0) is 18.4 Å². The summed E-state index contributed by atoms with van der Waals surface area (Å²) in [6.07, 6.45) is 3.70. The molecule has 20 heavy (non-hydrogen) atoms. The topological polar surface area (TPSA) is 65.1 Å². The Bertz CT molecular complexity index is 778. The number of hydrogen-bond acceptors (Lipinski definition) is 7. The largest absolute Gasteiger partial charge is 0.350 e. The molecular formula is C11H11N5OS3. The van der Waals surface area contributed by atoms with Gasteiger partial charge in [0.25, 0.3) is 0 Å². The van der Waals surface area contributed by atoms with E-state index in [4.69, 9.17) is 0 Å². The lowest BCUT2D eigenvalue weighted by Gasteiger charge is -1.96. The maximum absolute atomic E-state index is 12.0. The van der Waals surface area contributed by atoms with E-state index < -0.39 is 0 Å². The van der Waals surface area contributed by atoms with Crippen molar-refractivity contribution in [3.05, 3.63) is 34.9 Å². The number of rotatable bonds is 5. The second-order valence-electron chi connectivity index (χ2n) is 3.82. The molecule has 3 heterocycles. The van der Waals surface area contributed by atoms with Crippen LogP contribution in [-0.4, -0.2) is 36.4 Å². The third-order valence-corrected chi connectivity index (χ3v) is 5.59. The zero-order chi connectivity index (χ0) is 13.9. The van der Waals surface area contributed by atoms with Crippen molar-refractivity contribution in [2.24, 2.45) is 0 Å². The smallest absolute Gasteiger partial charge is 0.250 e. The van der Waals surface area contributed by atoms with Crippen molar-refractivity contribution < 1.29 is 0 Å². The molecule has 9 heteroatoms. The average molecular weight is 325 g/mol. The summed E-state index contributed by atoms with van der Waals surface area (Å²) in [5.74, 6) is 0.743. The predicted molar refractivity (Wildman–Crippen MR) is 81.9 cm³/mol. The molecule has 0 aliphatic rings. The van der Waals surface area contributed by atoms with Gasteiger partial charge in [-0.2, -0.15) is 0 Å². The van der Waals surface area contributed by atoms with E-state index in [2.05, 4.69) is 15.3 Å². The molecular weight excluding hydrogens is 314 g/mol. The molecule has 0 aliphatic heterocycles. The van der Waals surface area contributed by atoms with Gasteiger partial charge in [-0.3, -0.25) is 4.40 Å². The van der Waals surface area contributed by atoms with Crippen molar-refractivity contribution in [1.29, 1.82) is 0 Å². The van der Waals surface area contributed by atoms with Gasteiger partial charge in [-0.1, -0.05) is 40.9 Å². The molecule has 0 spiro atoms. The molecule has 0 fully saturated rings. The molecule has 0 saturated carbocycles. The van der Waals surface area contributed by atoms with Crippen molar-refractivity contribution >= 4 is 40.5 Å². The lowest BCUT2D eigenvalue weighted by molar-refractivity contribution is 0.639. The van der Waals surface area contributed by atoms with E-state index in [-0.39, 0.29) is 5.69 Å². The first-order chi connectivity index (χ1) is 9.78. The van der Waals surface area contributed by atoms with E-state index in [0.29, 0.717) is 12.2 Å². The number of pyridine rings is 1. The van der Waals surface area contributed by atoms with Gasteiger partial charge in [-0.15, -0.1) is 15.3 Å². The Labute approximate surface area is 127 Å². The molecule has 0 amide bonds. The Morgan fingerprint density at radius 2 is 2.15 bits per heavy atom. The molecule has 6 nitrogen and oxygen atoms in total. The minimum absolute atomic E-state index is 0.108. The molecule has 0 atom stereocenters. The number of aromatic nitrogens is 5. The summed E-state index contributed by atoms with van der Waals surface area (Å²) < 4.78 is 4.91. The molecule has 0 aromatic carbocycles. The Hall–Kier alpha value is -1.32. The van der Waals surface area contributed by atoms with Gasteiger partial charge in [0.2, 0.25) is 0 Å². The van der Waals surface area contributed by atoms with Crippen LogP contribution < -0.4 is 5.69 Å². The quantitative estimate of drug-likeness (QED) is 0.667. The molecule has 3 aromatic heterocycles. The summed E-state index contributed by atoms with van der Waals surface area (Å²) in [6.45, 7) is 0.555. The molecule has 0 unspecified atom stereocenters. The summed E-state index contributed by atoms with van der Waals surface area (Å²) in [4.78, 5) is 12.0. The predicted octanol–water partition coefficient (Wildman–Crippen LogP) is 1.86. The molecule has 0 aliphatic carbocycles. The van der Waals surface area contributed by atoms with Gasteiger partial charge < -0.3 is 0 Å². The van der Waals surface area contributed by atoms with Crippen LogP contribution in [0.25, 0.3) is 5.65 Å². The highest BCUT2D eigenvalue weighted by Gasteiger charge is 2.07. The second kappa shape index (κ2) is 5.98. The molecule has 3 aromatic rings. The molecule has 0 N–H and O–H groups in total. The van der Waals surface area contributed by atoms with Crippen molar-refractivity contribution in [3.8, 4) is 0 Å². The van der Waals surface area contributed by atoms with Gasteiger partial charge in [0, 0.05) is 11.9 Å². The van der Waals surface area contributed by atoms with Crippen molar-refractivity contribution in [2.45, 2.75) is 15.2 Å². The van der Waals surface area contributed by atoms with E-state index >= 15 is 0 Å². The highest BCUT2D eigenvalue weighted by atomic mass is 32.2. The Morgan fingerprint density at radius 3 is 2.90 bits per heavy atom. The lowest BCUT2D eigenvalue weighted by Crippen LogP contribution is -2.21. The number of hydrogen-bond donors (Lipinski definition) is 0. The Balaban J connectivity index is 1.68. The van der Waals surface area contributed by atoms with E-state index in [0.717, 1.165) is 14.4 Å². The van der Waals surface area contributed by atoms with Crippen LogP contribution in [0.1, 0.15) is 0 Å². The van der Waals surface area contributed by atoms with Crippen LogP contribution in [-0.2, 0) is 6.54 Å². The van der Waals surface area contributed by atoms with Gasteiger partial charge >= 0.3 is 5.69 Å². The number of thioether (sulfide) groups is 2. The minimum Gasteiger partial charge on any atom is -0.250 e. The summed E-state index contributed by atoms with van der Waals surface area (Å²) in [7, 11) is 0. The maximum atomic E-state index is 12.0. The fourth-order valence-corrected chi connectivity index (χ4v) is 4.09. The monoisotopic (exact) mass is 325 g/mol. The highest BCUT2D eigenvalue weighted by molar-refractivity contribution is 8.02. The summed E-state index contributed by atoms with van der Waals surface area (Å²) in [5, 5.41) is 12.4. The van der Waals surface area contributed by atoms with Gasteiger partial charge in [-0.25, -0.2) is 9.48 Å². The van der Waals surface area contributed by atoms with E-state index in [9.17, 15) is 4.79 Å². The zero-order valence-electron chi connectivity index (χ0n) is 10.6. The van der Waals surface area contributed by atoms with E-state index in [1.807, 2.05) is 24.5 Å².